The van der Waals surface area contributed by atoms with Gasteiger partial charge in [0.2, 0.25) is 5.91 Å². The van der Waals surface area contributed by atoms with Gasteiger partial charge in [-0.15, -0.1) is 0 Å². The van der Waals surface area contributed by atoms with Crippen LogP contribution in [0.2, 0.25) is 0 Å². The van der Waals surface area contributed by atoms with Crippen molar-refractivity contribution in [2.45, 2.75) is 32.9 Å². The molecule has 2 nitrogen and oxygen atoms in total. The molecule has 3 heteroatoms. The number of likely N-dealkylation sites (tertiary alicyclic amines) is 1. The van der Waals surface area contributed by atoms with Crippen LogP contribution < -0.4 is 0 Å². The Kier molecular flexibility index (Phi) is 1.86. The molecule has 13 heavy (non-hydrogen) atoms. The average molecular weight is 185 g/mol. The molecule has 1 saturated heterocycles. The van der Waals surface area contributed by atoms with Crippen LogP contribution >= 0.6 is 0 Å². The molecule has 0 unspecified atom stereocenters. The molecule has 1 aliphatic carbocycles. The first-order valence-corrected chi connectivity index (χ1v) is 4.92. The highest BCUT2D eigenvalue weighted by Gasteiger charge is 2.47. The molecule has 0 N–H and O–H groups in total. The number of hydrogen-bond acceptors (Lipinski definition) is 1. The number of hydrogen-bond donors (Lipinski definition) is 0. The van der Waals surface area contributed by atoms with Gasteiger partial charge < -0.3 is 4.90 Å². The first-order valence-electron chi connectivity index (χ1n) is 4.92. The van der Waals surface area contributed by atoms with E-state index in [1.54, 1.807) is 0 Å². The van der Waals surface area contributed by atoms with E-state index >= 15 is 0 Å². The van der Waals surface area contributed by atoms with Gasteiger partial charge in [-0.1, -0.05) is 13.8 Å². The SMILES string of the molecule is CC1(C)CCN(C(=O)[C@@H]2C[C@@H]2F)C1. The second kappa shape index (κ2) is 2.69. The van der Waals surface area contributed by atoms with Gasteiger partial charge >= 0.3 is 0 Å². The molecule has 0 radical (unpaired) electrons. The first-order chi connectivity index (χ1) is 5.99. The largest absolute Gasteiger partial charge is 0.342 e. The molecule has 0 spiro atoms. The zero-order chi connectivity index (χ0) is 9.64. The third kappa shape index (κ3) is 1.69. The summed E-state index contributed by atoms with van der Waals surface area (Å²) in [4.78, 5) is 13.4. The standard InChI is InChI=1S/C10H16FNO/c1-10(2)3-4-12(6-10)9(13)7-5-8(7)11/h7-8H,3-6H2,1-2H3/t7-,8+/m1/s1. The van der Waals surface area contributed by atoms with Crippen LogP contribution in [0.4, 0.5) is 4.39 Å². The van der Waals surface area contributed by atoms with Gasteiger partial charge in [-0.25, -0.2) is 4.39 Å². The maximum atomic E-state index is 12.6. The molecule has 1 amide bonds. The van der Waals surface area contributed by atoms with Gasteiger partial charge in [0.25, 0.3) is 0 Å². The lowest BCUT2D eigenvalue weighted by atomic mass is 9.93. The number of alkyl halides is 1. The fraction of sp³-hybridized carbons (Fsp3) is 0.900. The molecular formula is C10H16FNO. The van der Waals surface area contributed by atoms with Crippen LogP contribution in [0.15, 0.2) is 0 Å². The molecule has 0 aromatic carbocycles. The molecule has 1 saturated carbocycles. The first kappa shape index (κ1) is 8.97. The van der Waals surface area contributed by atoms with E-state index in [4.69, 9.17) is 0 Å². The summed E-state index contributed by atoms with van der Waals surface area (Å²) in [6.45, 7) is 5.92. The number of carbonyl (C=O) groups excluding carboxylic acids is 1. The Morgan fingerprint density at radius 3 is 2.54 bits per heavy atom. The van der Waals surface area contributed by atoms with Crippen molar-refractivity contribution >= 4 is 5.91 Å². The number of rotatable bonds is 1. The van der Waals surface area contributed by atoms with E-state index in [2.05, 4.69) is 13.8 Å². The highest BCUT2D eigenvalue weighted by atomic mass is 19.1. The number of amides is 1. The Balaban J connectivity index is 1.93. The zero-order valence-electron chi connectivity index (χ0n) is 8.22. The zero-order valence-corrected chi connectivity index (χ0v) is 8.22. The fourth-order valence-corrected chi connectivity index (χ4v) is 1.95. The minimum Gasteiger partial charge on any atom is -0.342 e. The minimum atomic E-state index is -0.851. The van der Waals surface area contributed by atoms with E-state index in [1.165, 1.54) is 0 Å². The Hall–Kier alpha value is -0.600. The number of nitrogens with zero attached hydrogens (tertiary/aromatic N) is 1. The predicted octanol–water partition coefficient (Wildman–Crippen LogP) is 1.60. The maximum Gasteiger partial charge on any atom is 0.228 e. The molecule has 1 heterocycles. The minimum absolute atomic E-state index is 0.0399. The molecule has 0 aromatic rings. The predicted molar refractivity (Wildman–Crippen MR) is 48.0 cm³/mol. The van der Waals surface area contributed by atoms with Gasteiger partial charge in [-0.2, -0.15) is 0 Å². The molecule has 2 aliphatic rings. The van der Waals surface area contributed by atoms with Crippen LogP contribution in [0, 0.1) is 11.3 Å². The van der Waals surface area contributed by atoms with Crippen molar-refractivity contribution in [3.8, 4) is 0 Å². The van der Waals surface area contributed by atoms with E-state index in [0.717, 1.165) is 19.5 Å². The van der Waals surface area contributed by atoms with Gasteiger partial charge in [-0.05, 0) is 18.3 Å². The molecule has 0 aromatic heterocycles. The van der Waals surface area contributed by atoms with Gasteiger partial charge in [-0.3, -0.25) is 4.79 Å². The maximum absolute atomic E-state index is 12.6. The molecule has 74 valence electrons. The summed E-state index contributed by atoms with van der Waals surface area (Å²) >= 11 is 0. The highest BCUT2D eigenvalue weighted by Crippen LogP contribution is 2.38. The third-order valence-electron chi connectivity index (χ3n) is 3.02. The normalized spacial score (nSPS) is 36.4. The van der Waals surface area contributed by atoms with E-state index in [1.807, 2.05) is 4.90 Å². The fourth-order valence-electron chi connectivity index (χ4n) is 1.95. The van der Waals surface area contributed by atoms with Gasteiger partial charge in [0.1, 0.15) is 6.17 Å². The smallest absolute Gasteiger partial charge is 0.228 e. The average Bonchev–Trinajstić information content (AvgIpc) is 2.64. The van der Waals surface area contributed by atoms with Crippen LogP contribution in [0.5, 0.6) is 0 Å². The summed E-state index contributed by atoms with van der Waals surface area (Å²) in [7, 11) is 0. The van der Waals surface area contributed by atoms with Gasteiger partial charge in [0.15, 0.2) is 0 Å². The molecule has 1 aliphatic heterocycles. The van der Waals surface area contributed by atoms with E-state index in [-0.39, 0.29) is 17.2 Å². The van der Waals surface area contributed by atoms with Crippen LogP contribution in [-0.2, 0) is 4.79 Å². The Morgan fingerprint density at radius 2 is 2.15 bits per heavy atom. The summed E-state index contributed by atoms with van der Waals surface area (Å²) < 4.78 is 12.6. The summed E-state index contributed by atoms with van der Waals surface area (Å²) in [5.41, 5.74) is 0.232. The van der Waals surface area contributed by atoms with Crippen LogP contribution in [0.3, 0.4) is 0 Å². The van der Waals surface area contributed by atoms with Crippen LogP contribution in [-0.4, -0.2) is 30.1 Å². The van der Waals surface area contributed by atoms with Gasteiger partial charge in [0, 0.05) is 13.1 Å². The van der Waals surface area contributed by atoms with Crippen molar-refractivity contribution < 1.29 is 9.18 Å². The van der Waals surface area contributed by atoms with E-state index in [9.17, 15) is 9.18 Å². The highest BCUT2D eigenvalue weighted by molar-refractivity contribution is 5.82. The Labute approximate surface area is 78.1 Å². The summed E-state index contributed by atoms with van der Waals surface area (Å²) in [6, 6.07) is 0. The van der Waals surface area contributed by atoms with Crippen molar-refractivity contribution in [1.29, 1.82) is 0 Å². The third-order valence-corrected chi connectivity index (χ3v) is 3.02. The Morgan fingerprint density at radius 1 is 1.54 bits per heavy atom. The summed E-state index contributed by atoms with van der Waals surface area (Å²) in [6.07, 6.45) is 0.647. The van der Waals surface area contributed by atoms with E-state index < -0.39 is 6.17 Å². The van der Waals surface area contributed by atoms with Crippen molar-refractivity contribution in [3.63, 3.8) is 0 Å². The van der Waals surface area contributed by atoms with E-state index in [0.29, 0.717) is 6.42 Å². The summed E-state index contributed by atoms with van der Waals surface area (Å²) in [5, 5.41) is 0. The second-order valence-electron chi connectivity index (χ2n) is 5.03. The lowest BCUT2D eigenvalue weighted by Crippen LogP contribution is -2.32. The number of halogens is 1. The van der Waals surface area contributed by atoms with Crippen molar-refractivity contribution in [2.24, 2.45) is 11.3 Å². The second-order valence-corrected chi connectivity index (χ2v) is 5.03. The number of carbonyl (C=O) groups is 1. The van der Waals surface area contributed by atoms with Crippen molar-refractivity contribution in [2.75, 3.05) is 13.1 Å². The molecule has 0 bridgehead atoms. The monoisotopic (exact) mass is 185 g/mol. The van der Waals surface area contributed by atoms with Crippen LogP contribution in [0.1, 0.15) is 26.7 Å². The van der Waals surface area contributed by atoms with Crippen molar-refractivity contribution in [1.82, 2.24) is 4.90 Å². The summed E-state index contributed by atoms with van der Waals surface area (Å²) in [5.74, 6) is -0.257. The lowest BCUT2D eigenvalue weighted by molar-refractivity contribution is -0.132. The Bertz CT molecular complexity index is 239. The van der Waals surface area contributed by atoms with Crippen LogP contribution in [0.25, 0.3) is 0 Å². The quantitative estimate of drug-likeness (QED) is 0.607. The molecular weight excluding hydrogens is 169 g/mol. The lowest BCUT2D eigenvalue weighted by Gasteiger charge is -2.19. The topological polar surface area (TPSA) is 20.3 Å². The van der Waals surface area contributed by atoms with Crippen molar-refractivity contribution in [3.05, 3.63) is 0 Å². The molecule has 2 atom stereocenters. The van der Waals surface area contributed by atoms with Gasteiger partial charge in [0.05, 0.1) is 5.92 Å². The molecule has 2 fully saturated rings. The molecule has 2 rings (SSSR count).